The molecule has 0 amide bonds. The van der Waals surface area contributed by atoms with Crippen LogP contribution < -0.4 is 0 Å². The Kier molecular flexibility index (Phi) is 2.33. The maximum atomic E-state index is 5.74. The summed E-state index contributed by atoms with van der Waals surface area (Å²) in [4.78, 5) is 4.00. The zero-order chi connectivity index (χ0) is 9.26. The Morgan fingerprint density at radius 3 is 2.85 bits per heavy atom. The summed E-state index contributed by atoms with van der Waals surface area (Å²) in [5.74, 6) is 0. The van der Waals surface area contributed by atoms with Crippen molar-refractivity contribution < 1.29 is 0 Å². The van der Waals surface area contributed by atoms with E-state index in [0.29, 0.717) is 5.02 Å². The van der Waals surface area contributed by atoms with Gasteiger partial charge in [-0.25, -0.2) is 4.68 Å². The normalized spacial score (nSPS) is 10.3. The van der Waals surface area contributed by atoms with Crippen molar-refractivity contribution in [3.05, 3.63) is 40.3 Å². The van der Waals surface area contributed by atoms with Gasteiger partial charge in [0.15, 0.2) is 0 Å². The zero-order valence-electron chi connectivity index (χ0n) is 6.48. The lowest BCUT2D eigenvalue weighted by Crippen LogP contribution is -1.95. The van der Waals surface area contributed by atoms with E-state index in [9.17, 15) is 0 Å². The van der Waals surface area contributed by atoms with Crippen molar-refractivity contribution in [3.8, 4) is 5.69 Å². The Labute approximate surface area is 88.5 Å². The van der Waals surface area contributed by atoms with Gasteiger partial charge in [-0.15, -0.1) is 0 Å². The summed E-state index contributed by atoms with van der Waals surface area (Å²) in [5.41, 5.74) is 0.870. The number of hydrogen-bond donors (Lipinski definition) is 0. The molecule has 2 aromatic heterocycles. The molecule has 0 N–H and O–H groups in total. The summed E-state index contributed by atoms with van der Waals surface area (Å²) in [6.07, 6.45) is 6.73. The first-order valence-electron chi connectivity index (χ1n) is 3.57. The van der Waals surface area contributed by atoms with E-state index in [0.717, 1.165) is 10.2 Å². The predicted molar refractivity (Wildman–Crippen MR) is 54.1 cm³/mol. The molecule has 13 heavy (non-hydrogen) atoms. The molecule has 66 valence electrons. The molecule has 0 atom stereocenters. The standard InChI is InChI=1S/C8H5BrClN3/c9-7-1-2-11-4-8(7)13-5-6(10)3-12-13/h1-5H. The number of pyridine rings is 1. The van der Waals surface area contributed by atoms with Crippen molar-refractivity contribution in [2.45, 2.75) is 0 Å². The topological polar surface area (TPSA) is 30.7 Å². The number of rotatable bonds is 1. The minimum absolute atomic E-state index is 0.607. The number of nitrogens with zero attached hydrogens (tertiary/aromatic N) is 3. The smallest absolute Gasteiger partial charge is 0.0971 e. The summed E-state index contributed by atoms with van der Waals surface area (Å²) in [6, 6.07) is 1.85. The Balaban J connectivity index is 2.52. The van der Waals surface area contributed by atoms with E-state index in [4.69, 9.17) is 11.6 Å². The van der Waals surface area contributed by atoms with E-state index >= 15 is 0 Å². The van der Waals surface area contributed by atoms with E-state index in [1.165, 1.54) is 0 Å². The predicted octanol–water partition coefficient (Wildman–Crippen LogP) is 2.68. The fraction of sp³-hybridized carbons (Fsp3) is 0. The molecule has 2 aromatic rings. The van der Waals surface area contributed by atoms with Crippen molar-refractivity contribution in [3.63, 3.8) is 0 Å². The lowest BCUT2D eigenvalue weighted by atomic mass is 10.4. The molecule has 5 heteroatoms. The van der Waals surface area contributed by atoms with E-state index in [1.54, 1.807) is 29.5 Å². The first-order valence-corrected chi connectivity index (χ1v) is 4.74. The van der Waals surface area contributed by atoms with Gasteiger partial charge in [-0.2, -0.15) is 5.10 Å². The summed E-state index contributed by atoms with van der Waals surface area (Å²) in [6.45, 7) is 0. The maximum absolute atomic E-state index is 5.74. The van der Waals surface area contributed by atoms with Crippen LogP contribution in [-0.4, -0.2) is 14.8 Å². The van der Waals surface area contributed by atoms with Crippen LogP contribution >= 0.6 is 27.5 Å². The van der Waals surface area contributed by atoms with Crippen LogP contribution in [0.4, 0.5) is 0 Å². The van der Waals surface area contributed by atoms with Crippen LogP contribution in [0.1, 0.15) is 0 Å². The Hall–Kier alpha value is -0.870. The molecule has 2 heterocycles. The van der Waals surface area contributed by atoms with Crippen LogP contribution in [0.5, 0.6) is 0 Å². The van der Waals surface area contributed by atoms with E-state index in [2.05, 4.69) is 26.0 Å². The highest BCUT2D eigenvalue weighted by molar-refractivity contribution is 9.10. The maximum Gasteiger partial charge on any atom is 0.0971 e. The molecule has 0 saturated heterocycles. The van der Waals surface area contributed by atoms with Gasteiger partial charge in [0.1, 0.15) is 0 Å². The van der Waals surface area contributed by atoms with Gasteiger partial charge in [0.2, 0.25) is 0 Å². The van der Waals surface area contributed by atoms with Gasteiger partial charge in [0, 0.05) is 16.9 Å². The second-order valence-corrected chi connectivity index (χ2v) is 3.72. The average Bonchev–Trinajstić information content (AvgIpc) is 2.53. The molecule has 0 aromatic carbocycles. The van der Waals surface area contributed by atoms with Gasteiger partial charge >= 0.3 is 0 Å². The van der Waals surface area contributed by atoms with Gasteiger partial charge in [0.05, 0.1) is 23.1 Å². The highest BCUT2D eigenvalue weighted by atomic mass is 79.9. The third-order valence-electron chi connectivity index (χ3n) is 1.55. The van der Waals surface area contributed by atoms with Crippen LogP contribution in [0.2, 0.25) is 5.02 Å². The lowest BCUT2D eigenvalue weighted by Gasteiger charge is -2.01. The fourth-order valence-electron chi connectivity index (χ4n) is 0.970. The number of halogens is 2. The van der Waals surface area contributed by atoms with Crippen molar-refractivity contribution >= 4 is 27.5 Å². The number of hydrogen-bond acceptors (Lipinski definition) is 2. The van der Waals surface area contributed by atoms with Crippen LogP contribution in [0.15, 0.2) is 35.3 Å². The first kappa shape index (κ1) is 8.72. The van der Waals surface area contributed by atoms with Crippen LogP contribution in [0, 0.1) is 0 Å². The minimum atomic E-state index is 0.607. The minimum Gasteiger partial charge on any atom is -0.262 e. The Morgan fingerprint density at radius 2 is 2.23 bits per heavy atom. The van der Waals surface area contributed by atoms with Crippen molar-refractivity contribution in [1.29, 1.82) is 0 Å². The second kappa shape index (κ2) is 3.47. The largest absolute Gasteiger partial charge is 0.262 e. The van der Waals surface area contributed by atoms with Gasteiger partial charge < -0.3 is 0 Å². The van der Waals surface area contributed by atoms with E-state index < -0.39 is 0 Å². The van der Waals surface area contributed by atoms with Crippen LogP contribution in [0.25, 0.3) is 5.69 Å². The molecule has 2 rings (SSSR count). The summed E-state index contributed by atoms with van der Waals surface area (Å²) in [5, 5.41) is 4.67. The van der Waals surface area contributed by atoms with Gasteiger partial charge in [0.25, 0.3) is 0 Å². The molecular formula is C8H5BrClN3. The molecule has 0 aliphatic carbocycles. The summed E-state index contributed by atoms with van der Waals surface area (Å²) >= 11 is 9.14. The average molecular weight is 259 g/mol. The van der Waals surface area contributed by atoms with Gasteiger partial charge in [-0.3, -0.25) is 4.98 Å². The molecular weight excluding hydrogens is 253 g/mol. The second-order valence-electron chi connectivity index (χ2n) is 2.43. The molecule has 0 bridgehead atoms. The van der Waals surface area contributed by atoms with Crippen LogP contribution in [0.3, 0.4) is 0 Å². The van der Waals surface area contributed by atoms with Crippen molar-refractivity contribution in [2.24, 2.45) is 0 Å². The van der Waals surface area contributed by atoms with Gasteiger partial charge in [-0.05, 0) is 22.0 Å². The zero-order valence-corrected chi connectivity index (χ0v) is 8.83. The van der Waals surface area contributed by atoms with Gasteiger partial charge in [-0.1, -0.05) is 11.6 Å². The SMILES string of the molecule is Clc1cnn(-c2cnccc2Br)c1. The molecule has 0 unspecified atom stereocenters. The first-order chi connectivity index (χ1) is 6.27. The third kappa shape index (κ3) is 1.73. The van der Waals surface area contributed by atoms with Crippen molar-refractivity contribution in [2.75, 3.05) is 0 Å². The summed E-state index contributed by atoms with van der Waals surface area (Å²) in [7, 11) is 0. The molecule has 3 nitrogen and oxygen atoms in total. The Bertz CT molecular complexity index is 427. The van der Waals surface area contributed by atoms with Crippen LogP contribution in [-0.2, 0) is 0 Å². The lowest BCUT2D eigenvalue weighted by molar-refractivity contribution is 0.869. The molecule has 0 fully saturated rings. The molecule has 0 radical (unpaired) electrons. The number of aromatic nitrogens is 3. The molecule has 0 spiro atoms. The van der Waals surface area contributed by atoms with E-state index in [1.807, 2.05) is 6.07 Å². The quantitative estimate of drug-likeness (QED) is 0.787. The highest BCUT2D eigenvalue weighted by Crippen LogP contribution is 2.19. The summed E-state index contributed by atoms with van der Waals surface area (Å²) < 4.78 is 2.60. The van der Waals surface area contributed by atoms with E-state index in [-0.39, 0.29) is 0 Å². The monoisotopic (exact) mass is 257 g/mol. The molecule has 0 saturated carbocycles. The molecule has 0 aliphatic heterocycles. The van der Waals surface area contributed by atoms with Crippen molar-refractivity contribution in [1.82, 2.24) is 14.8 Å². The Morgan fingerprint density at radius 1 is 1.38 bits per heavy atom. The third-order valence-corrected chi connectivity index (χ3v) is 2.41. The molecule has 0 aliphatic rings. The fourth-order valence-corrected chi connectivity index (χ4v) is 1.51. The highest BCUT2D eigenvalue weighted by Gasteiger charge is 2.02.